The molecule has 1 atom stereocenters. The average Bonchev–Trinajstić information content (AvgIpc) is 2.40. The molecule has 0 aromatic heterocycles. The maximum Gasteiger partial charge on any atom is 0.171 e. The zero-order valence-electron chi connectivity index (χ0n) is 10.6. The topological polar surface area (TPSA) is 17.1 Å². The molecule has 0 bridgehead atoms. The number of ketones is 1. The molecular formula is C16H14Cl2O. The van der Waals surface area contributed by atoms with Gasteiger partial charge in [-0.15, -0.1) is 0 Å². The first-order chi connectivity index (χ1) is 9.13. The maximum atomic E-state index is 12.6. The summed E-state index contributed by atoms with van der Waals surface area (Å²) < 4.78 is 0. The molecule has 0 aliphatic carbocycles. The van der Waals surface area contributed by atoms with Crippen LogP contribution in [-0.2, 0) is 0 Å². The Kier molecular flexibility index (Phi) is 4.62. The first-order valence-corrected chi connectivity index (χ1v) is 6.93. The minimum Gasteiger partial charge on any atom is -0.293 e. The first-order valence-electron chi connectivity index (χ1n) is 6.17. The molecule has 0 saturated carbocycles. The third-order valence-electron chi connectivity index (χ3n) is 3.12. The van der Waals surface area contributed by atoms with Crippen molar-refractivity contribution in [1.82, 2.24) is 0 Å². The fraction of sp³-hybridized carbons (Fsp3) is 0.188. The van der Waals surface area contributed by atoms with Gasteiger partial charge in [0.25, 0.3) is 0 Å². The standard InChI is InChI=1S/C16H14Cl2O/c1-2-13(11-6-4-3-5-7-11)16(19)14-9-8-12(17)10-15(14)18/h3-10,13H,2H2,1H3. The van der Waals surface area contributed by atoms with E-state index < -0.39 is 0 Å². The molecular weight excluding hydrogens is 279 g/mol. The van der Waals surface area contributed by atoms with Crippen LogP contribution in [0, 0.1) is 0 Å². The predicted octanol–water partition coefficient (Wildman–Crippen LogP) is 5.37. The highest BCUT2D eigenvalue weighted by Gasteiger charge is 2.22. The van der Waals surface area contributed by atoms with E-state index >= 15 is 0 Å². The summed E-state index contributed by atoms with van der Waals surface area (Å²) >= 11 is 12.0. The van der Waals surface area contributed by atoms with Crippen molar-refractivity contribution in [2.75, 3.05) is 0 Å². The number of carbonyl (C=O) groups is 1. The van der Waals surface area contributed by atoms with Crippen LogP contribution in [0.1, 0.15) is 35.2 Å². The second-order valence-corrected chi connectivity index (χ2v) is 5.20. The molecule has 2 aromatic rings. The van der Waals surface area contributed by atoms with Crippen molar-refractivity contribution in [3.05, 3.63) is 69.7 Å². The fourth-order valence-electron chi connectivity index (χ4n) is 2.13. The van der Waals surface area contributed by atoms with Crippen LogP contribution < -0.4 is 0 Å². The summed E-state index contributed by atoms with van der Waals surface area (Å²) in [5, 5.41) is 0.946. The molecule has 0 spiro atoms. The molecule has 1 nitrogen and oxygen atoms in total. The molecule has 0 aliphatic rings. The minimum atomic E-state index is -0.167. The number of hydrogen-bond donors (Lipinski definition) is 0. The molecule has 0 radical (unpaired) electrons. The van der Waals surface area contributed by atoms with Crippen molar-refractivity contribution in [3.8, 4) is 0 Å². The highest BCUT2D eigenvalue weighted by Crippen LogP contribution is 2.29. The van der Waals surface area contributed by atoms with Gasteiger partial charge in [0.1, 0.15) is 0 Å². The van der Waals surface area contributed by atoms with E-state index in [-0.39, 0.29) is 11.7 Å². The monoisotopic (exact) mass is 292 g/mol. The number of benzene rings is 2. The Hall–Kier alpha value is -1.31. The summed E-state index contributed by atoms with van der Waals surface area (Å²) in [5.74, 6) is -0.129. The van der Waals surface area contributed by atoms with Gasteiger partial charge in [-0.2, -0.15) is 0 Å². The molecule has 0 saturated heterocycles. The number of hydrogen-bond acceptors (Lipinski definition) is 1. The van der Waals surface area contributed by atoms with E-state index in [1.54, 1.807) is 18.2 Å². The van der Waals surface area contributed by atoms with Crippen LogP contribution in [-0.4, -0.2) is 5.78 Å². The average molecular weight is 293 g/mol. The van der Waals surface area contributed by atoms with Crippen LogP contribution >= 0.6 is 23.2 Å². The summed E-state index contributed by atoms with van der Waals surface area (Å²) in [7, 11) is 0. The third kappa shape index (κ3) is 3.17. The smallest absolute Gasteiger partial charge is 0.171 e. The summed E-state index contributed by atoms with van der Waals surface area (Å²) in [6.07, 6.45) is 0.738. The van der Waals surface area contributed by atoms with Crippen LogP contribution in [0.25, 0.3) is 0 Å². The van der Waals surface area contributed by atoms with Gasteiger partial charge in [0.2, 0.25) is 0 Å². The van der Waals surface area contributed by atoms with E-state index in [1.807, 2.05) is 37.3 Å². The Balaban J connectivity index is 2.36. The van der Waals surface area contributed by atoms with Gasteiger partial charge in [0.15, 0.2) is 5.78 Å². The summed E-state index contributed by atoms with van der Waals surface area (Å²) in [6.45, 7) is 2.00. The van der Waals surface area contributed by atoms with Crippen LogP contribution in [0.5, 0.6) is 0 Å². The van der Waals surface area contributed by atoms with Crippen molar-refractivity contribution in [2.24, 2.45) is 0 Å². The quantitative estimate of drug-likeness (QED) is 0.692. The normalized spacial score (nSPS) is 12.2. The van der Waals surface area contributed by atoms with Gasteiger partial charge in [0.05, 0.1) is 5.02 Å². The number of rotatable bonds is 4. The highest BCUT2D eigenvalue weighted by molar-refractivity contribution is 6.37. The molecule has 0 heterocycles. The van der Waals surface area contributed by atoms with Gasteiger partial charge in [-0.05, 0) is 30.2 Å². The lowest BCUT2D eigenvalue weighted by Crippen LogP contribution is -2.12. The van der Waals surface area contributed by atoms with Crippen molar-refractivity contribution in [1.29, 1.82) is 0 Å². The van der Waals surface area contributed by atoms with Crippen LogP contribution in [0.4, 0.5) is 0 Å². The molecule has 0 N–H and O–H groups in total. The molecule has 2 aromatic carbocycles. The van der Waals surface area contributed by atoms with E-state index in [9.17, 15) is 4.79 Å². The first kappa shape index (κ1) is 14.1. The number of halogens is 2. The summed E-state index contributed by atoms with van der Waals surface area (Å²) in [6, 6.07) is 14.7. The van der Waals surface area contributed by atoms with Crippen molar-refractivity contribution >= 4 is 29.0 Å². The largest absolute Gasteiger partial charge is 0.293 e. The molecule has 0 fully saturated rings. The number of Topliss-reactive ketones (excluding diaryl/α,β-unsaturated/α-hetero) is 1. The Morgan fingerprint density at radius 2 is 1.79 bits per heavy atom. The van der Waals surface area contributed by atoms with Crippen LogP contribution in [0.2, 0.25) is 10.0 Å². The van der Waals surface area contributed by atoms with E-state index in [4.69, 9.17) is 23.2 Å². The SMILES string of the molecule is CCC(C(=O)c1ccc(Cl)cc1Cl)c1ccccc1. The van der Waals surface area contributed by atoms with Gasteiger partial charge in [-0.1, -0.05) is 60.5 Å². The minimum absolute atomic E-state index is 0.0374. The highest BCUT2D eigenvalue weighted by atomic mass is 35.5. The van der Waals surface area contributed by atoms with Crippen molar-refractivity contribution in [3.63, 3.8) is 0 Å². The van der Waals surface area contributed by atoms with Crippen LogP contribution in [0.3, 0.4) is 0 Å². The molecule has 19 heavy (non-hydrogen) atoms. The predicted molar refractivity (Wildman–Crippen MR) is 80.3 cm³/mol. The van der Waals surface area contributed by atoms with Gasteiger partial charge in [-0.3, -0.25) is 4.79 Å². The molecule has 98 valence electrons. The van der Waals surface area contributed by atoms with Gasteiger partial charge >= 0.3 is 0 Å². The summed E-state index contributed by atoms with van der Waals surface area (Å²) in [4.78, 5) is 12.6. The van der Waals surface area contributed by atoms with E-state index in [1.165, 1.54) is 0 Å². The molecule has 0 amide bonds. The van der Waals surface area contributed by atoms with E-state index in [0.29, 0.717) is 15.6 Å². The van der Waals surface area contributed by atoms with Gasteiger partial charge < -0.3 is 0 Å². The van der Waals surface area contributed by atoms with Gasteiger partial charge in [-0.25, -0.2) is 0 Å². The third-order valence-corrected chi connectivity index (χ3v) is 3.67. The molecule has 3 heteroatoms. The molecule has 0 aliphatic heterocycles. The lowest BCUT2D eigenvalue weighted by molar-refractivity contribution is 0.0957. The van der Waals surface area contributed by atoms with Gasteiger partial charge in [0, 0.05) is 16.5 Å². The van der Waals surface area contributed by atoms with Crippen molar-refractivity contribution < 1.29 is 4.79 Å². The Labute approximate surface area is 123 Å². The summed E-state index contributed by atoms with van der Waals surface area (Å²) in [5.41, 5.74) is 1.54. The zero-order valence-corrected chi connectivity index (χ0v) is 12.1. The lowest BCUT2D eigenvalue weighted by atomic mass is 9.88. The Bertz CT molecular complexity index is 579. The molecule has 2 rings (SSSR count). The lowest BCUT2D eigenvalue weighted by Gasteiger charge is -2.15. The van der Waals surface area contributed by atoms with Crippen molar-refractivity contribution in [2.45, 2.75) is 19.3 Å². The van der Waals surface area contributed by atoms with Crippen LogP contribution in [0.15, 0.2) is 48.5 Å². The van der Waals surface area contributed by atoms with E-state index in [2.05, 4.69) is 0 Å². The van der Waals surface area contributed by atoms with E-state index in [0.717, 1.165) is 12.0 Å². The Morgan fingerprint density at radius 3 is 2.37 bits per heavy atom. The second kappa shape index (κ2) is 6.23. The number of carbonyl (C=O) groups excluding carboxylic acids is 1. The Morgan fingerprint density at radius 1 is 1.11 bits per heavy atom. The second-order valence-electron chi connectivity index (χ2n) is 4.36. The zero-order chi connectivity index (χ0) is 13.8. The maximum absolute atomic E-state index is 12.6. The molecule has 1 unspecified atom stereocenters. The fourth-order valence-corrected chi connectivity index (χ4v) is 2.64.